The fourth-order valence-electron chi connectivity index (χ4n) is 2.76. The van der Waals surface area contributed by atoms with Crippen molar-refractivity contribution in [1.29, 1.82) is 0 Å². The normalized spacial score (nSPS) is 32.2. The van der Waals surface area contributed by atoms with Gasteiger partial charge in [0.1, 0.15) is 0 Å². The number of likely N-dealkylation sites (tertiary alicyclic amines) is 1. The smallest absolute Gasteiger partial charge is 0.236 e. The number of amides is 1. The molecule has 1 aliphatic carbocycles. The molecular formula is C12H20N2OS. The third-order valence-corrected chi connectivity index (χ3v) is 4.45. The molecule has 0 aromatic rings. The molecule has 2 rings (SSSR count). The zero-order chi connectivity index (χ0) is 11.9. The van der Waals surface area contributed by atoms with Gasteiger partial charge in [-0.25, -0.2) is 0 Å². The topological polar surface area (TPSA) is 46.3 Å². The van der Waals surface area contributed by atoms with Crippen molar-refractivity contribution in [3.8, 4) is 0 Å². The maximum absolute atomic E-state index is 12.5. The molecule has 0 spiro atoms. The van der Waals surface area contributed by atoms with Crippen LogP contribution >= 0.6 is 12.2 Å². The first-order chi connectivity index (χ1) is 7.49. The lowest BCUT2D eigenvalue weighted by Crippen LogP contribution is -2.52. The van der Waals surface area contributed by atoms with Crippen molar-refractivity contribution < 1.29 is 4.79 Å². The number of hydrogen-bond acceptors (Lipinski definition) is 2. The van der Waals surface area contributed by atoms with E-state index in [2.05, 4.69) is 13.8 Å². The molecule has 0 aromatic carbocycles. The van der Waals surface area contributed by atoms with Crippen molar-refractivity contribution in [3.63, 3.8) is 0 Å². The number of carbonyl (C=O) groups is 1. The van der Waals surface area contributed by atoms with Crippen LogP contribution < -0.4 is 5.73 Å². The van der Waals surface area contributed by atoms with Crippen molar-refractivity contribution in [3.05, 3.63) is 0 Å². The summed E-state index contributed by atoms with van der Waals surface area (Å²) in [7, 11) is 0. The molecule has 2 N–H and O–H groups in total. The van der Waals surface area contributed by atoms with Gasteiger partial charge < -0.3 is 10.6 Å². The summed E-state index contributed by atoms with van der Waals surface area (Å²) in [6, 6.07) is 0.672. The Hall–Kier alpha value is -0.640. The molecule has 4 heteroatoms. The average molecular weight is 240 g/mol. The maximum Gasteiger partial charge on any atom is 0.236 e. The largest absolute Gasteiger partial charge is 0.392 e. The standard InChI is InChI=1S/C12H20N2OS/c1-8-4-3-5-9(2)14(8)11(15)12(6-7-12)10(13)16/h8-9H,3-7H2,1-2H3,(H2,13,16)/t8-,9+. The lowest BCUT2D eigenvalue weighted by Gasteiger charge is -2.41. The first kappa shape index (κ1) is 11.8. The fourth-order valence-corrected chi connectivity index (χ4v) is 3.05. The summed E-state index contributed by atoms with van der Waals surface area (Å²) < 4.78 is 0. The molecule has 2 fully saturated rings. The third-order valence-electron chi connectivity index (χ3n) is 4.06. The second-order valence-corrected chi connectivity index (χ2v) is 5.73. The minimum atomic E-state index is -0.477. The minimum Gasteiger partial charge on any atom is -0.392 e. The summed E-state index contributed by atoms with van der Waals surface area (Å²) >= 11 is 5.05. The van der Waals surface area contributed by atoms with Gasteiger partial charge in [0.05, 0.1) is 10.4 Å². The number of carbonyl (C=O) groups excluding carboxylic acids is 1. The number of nitrogens with two attached hydrogens (primary N) is 1. The lowest BCUT2D eigenvalue weighted by molar-refractivity contribution is -0.140. The van der Waals surface area contributed by atoms with Crippen LogP contribution in [-0.2, 0) is 4.79 Å². The zero-order valence-corrected chi connectivity index (χ0v) is 10.8. The average Bonchev–Trinajstić information content (AvgIpc) is 2.97. The Morgan fingerprint density at radius 1 is 1.31 bits per heavy atom. The molecule has 3 nitrogen and oxygen atoms in total. The molecule has 1 amide bonds. The molecule has 0 unspecified atom stereocenters. The van der Waals surface area contributed by atoms with Crippen LogP contribution in [0.2, 0.25) is 0 Å². The van der Waals surface area contributed by atoms with E-state index in [1.54, 1.807) is 0 Å². The predicted molar refractivity (Wildman–Crippen MR) is 68.1 cm³/mol. The molecule has 1 heterocycles. The van der Waals surface area contributed by atoms with Crippen LogP contribution in [0.4, 0.5) is 0 Å². The lowest BCUT2D eigenvalue weighted by atomic mass is 9.94. The highest BCUT2D eigenvalue weighted by Crippen LogP contribution is 2.48. The first-order valence-electron chi connectivity index (χ1n) is 6.12. The Morgan fingerprint density at radius 2 is 1.81 bits per heavy atom. The van der Waals surface area contributed by atoms with Gasteiger partial charge in [-0.3, -0.25) is 4.79 Å². The maximum atomic E-state index is 12.5. The molecule has 2 aliphatic rings. The Balaban J connectivity index is 2.17. The van der Waals surface area contributed by atoms with Crippen molar-refractivity contribution in [1.82, 2.24) is 4.90 Å². The van der Waals surface area contributed by atoms with Gasteiger partial charge in [0.2, 0.25) is 5.91 Å². The second kappa shape index (κ2) is 3.99. The molecule has 16 heavy (non-hydrogen) atoms. The van der Waals surface area contributed by atoms with Crippen molar-refractivity contribution in [2.24, 2.45) is 11.1 Å². The van der Waals surface area contributed by atoms with Crippen molar-refractivity contribution in [2.45, 2.75) is 58.0 Å². The van der Waals surface area contributed by atoms with Gasteiger partial charge in [0.25, 0.3) is 0 Å². The van der Waals surface area contributed by atoms with E-state index in [9.17, 15) is 4.79 Å². The van der Waals surface area contributed by atoms with Crippen LogP contribution in [0.15, 0.2) is 0 Å². The van der Waals surface area contributed by atoms with Crippen LogP contribution in [0.5, 0.6) is 0 Å². The Bertz CT molecular complexity index is 315. The Morgan fingerprint density at radius 3 is 2.19 bits per heavy atom. The number of thiocarbonyl (C=S) groups is 1. The SMILES string of the molecule is C[C@@H]1CCC[C@H](C)N1C(=O)C1(C(N)=S)CC1. The Labute approximate surface area is 102 Å². The van der Waals surface area contributed by atoms with E-state index in [-0.39, 0.29) is 5.91 Å². The molecule has 90 valence electrons. The molecule has 0 radical (unpaired) electrons. The van der Waals surface area contributed by atoms with Gasteiger partial charge in [0.15, 0.2) is 0 Å². The molecule has 1 saturated carbocycles. The van der Waals surface area contributed by atoms with Crippen molar-refractivity contribution in [2.75, 3.05) is 0 Å². The molecule has 0 bridgehead atoms. The molecular weight excluding hydrogens is 220 g/mol. The molecule has 1 saturated heterocycles. The number of hydrogen-bond donors (Lipinski definition) is 1. The molecule has 0 aromatic heterocycles. The summed E-state index contributed by atoms with van der Waals surface area (Å²) in [6.45, 7) is 4.26. The summed E-state index contributed by atoms with van der Waals surface area (Å²) in [5.74, 6) is 0.180. The Kier molecular flexibility index (Phi) is 2.95. The van der Waals surface area contributed by atoms with Crippen molar-refractivity contribution >= 4 is 23.1 Å². The van der Waals surface area contributed by atoms with Gasteiger partial charge >= 0.3 is 0 Å². The monoisotopic (exact) mass is 240 g/mol. The van der Waals surface area contributed by atoms with E-state index in [1.807, 2.05) is 4.90 Å². The number of piperidine rings is 1. The zero-order valence-electron chi connectivity index (χ0n) is 10.0. The highest BCUT2D eigenvalue weighted by Gasteiger charge is 2.55. The van der Waals surface area contributed by atoms with Gasteiger partial charge in [-0.2, -0.15) is 0 Å². The van der Waals surface area contributed by atoms with Crippen LogP contribution in [0.25, 0.3) is 0 Å². The van der Waals surface area contributed by atoms with Crippen LogP contribution in [-0.4, -0.2) is 27.9 Å². The highest BCUT2D eigenvalue weighted by molar-refractivity contribution is 7.80. The fraction of sp³-hybridized carbons (Fsp3) is 0.833. The first-order valence-corrected chi connectivity index (χ1v) is 6.52. The van der Waals surface area contributed by atoms with E-state index in [4.69, 9.17) is 18.0 Å². The van der Waals surface area contributed by atoms with Gasteiger partial charge in [0, 0.05) is 12.1 Å². The third kappa shape index (κ3) is 1.73. The number of rotatable bonds is 2. The van der Waals surface area contributed by atoms with E-state index in [0.29, 0.717) is 17.1 Å². The van der Waals surface area contributed by atoms with Gasteiger partial charge in [-0.05, 0) is 46.0 Å². The second-order valence-electron chi connectivity index (χ2n) is 5.29. The summed E-state index contributed by atoms with van der Waals surface area (Å²) in [6.07, 6.45) is 5.10. The van der Waals surface area contributed by atoms with Crippen LogP contribution in [0, 0.1) is 5.41 Å². The van der Waals surface area contributed by atoms with Crippen LogP contribution in [0.3, 0.4) is 0 Å². The summed E-state index contributed by atoms with van der Waals surface area (Å²) in [4.78, 5) is 14.9. The predicted octanol–water partition coefficient (Wildman–Crippen LogP) is 1.84. The summed E-state index contributed by atoms with van der Waals surface area (Å²) in [5, 5.41) is 0. The quantitative estimate of drug-likeness (QED) is 0.749. The molecule has 2 atom stereocenters. The summed E-state index contributed by atoms with van der Waals surface area (Å²) in [5.41, 5.74) is 5.24. The van der Waals surface area contributed by atoms with Gasteiger partial charge in [-0.15, -0.1) is 0 Å². The van der Waals surface area contributed by atoms with Gasteiger partial charge in [-0.1, -0.05) is 12.2 Å². The van der Waals surface area contributed by atoms with E-state index in [1.165, 1.54) is 6.42 Å². The van der Waals surface area contributed by atoms with E-state index in [0.717, 1.165) is 25.7 Å². The molecule has 1 aliphatic heterocycles. The minimum absolute atomic E-state index is 0.180. The highest BCUT2D eigenvalue weighted by atomic mass is 32.1. The van der Waals surface area contributed by atoms with E-state index >= 15 is 0 Å². The van der Waals surface area contributed by atoms with Crippen LogP contribution in [0.1, 0.15) is 46.0 Å². The number of nitrogens with zero attached hydrogens (tertiary/aromatic N) is 1. The van der Waals surface area contributed by atoms with E-state index < -0.39 is 5.41 Å².